The molecule has 0 saturated heterocycles. The molecule has 0 aliphatic rings. The average Bonchev–Trinajstić information content (AvgIpc) is 2.93. The van der Waals surface area contributed by atoms with Gasteiger partial charge < -0.3 is 5.32 Å². The van der Waals surface area contributed by atoms with Crippen molar-refractivity contribution in [3.63, 3.8) is 0 Å². The topological polar surface area (TPSA) is 98.9 Å². The van der Waals surface area contributed by atoms with Gasteiger partial charge in [0.15, 0.2) is 5.82 Å². The molecule has 7 heteroatoms. The summed E-state index contributed by atoms with van der Waals surface area (Å²) in [5.41, 5.74) is 2.07. The van der Waals surface area contributed by atoms with Crippen LogP contribution in [-0.2, 0) is 0 Å². The molecule has 7 nitrogen and oxygen atoms in total. The highest BCUT2D eigenvalue weighted by Gasteiger charge is 2.15. The Morgan fingerprint density at radius 1 is 1.38 bits per heavy atom. The minimum Gasteiger partial charge on any atom is -0.366 e. The summed E-state index contributed by atoms with van der Waals surface area (Å²) in [5.74, 6) is 0.531. The summed E-state index contributed by atoms with van der Waals surface area (Å²) in [7, 11) is 0. The Morgan fingerprint density at radius 3 is 2.88 bits per heavy atom. The maximum atomic E-state index is 12.0. The molecule has 1 aromatic carbocycles. The fourth-order valence-corrected chi connectivity index (χ4v) is 2.27. The second-order valence-corrected chi connectivity index (χ2v) is 6.80. The van der Waals surface area contributed by atoms with Crippen molar-refractivity contribution in [2.24, 2.45) is 5.41 Å². The van der Waals surface area contributed by atoms with Gasteiger partial charge in [-0.1, -0.05) is 32.9 Å². The number of rotatable bonds is 3. The molecule has 0 spiro atoms. The Labute approximate surface area is 139 Å². The van der Waals surface area contributed by atoms with Crippen LogP contribution in [0.3, 0.4) is 0 Å². The smallest absolute Gasteiger partial charge is 0.347 e. The second-order valence-electron chi connectivity index (χ2n) is 6.80. The number of nitrogens with zero attached hydrogens (tertiary/aromatic N) is 4. The van der Waals surface area contributed by atoms with E-state index in [1.54, 1.807) is 24.4 Å². The van der Waals surface area contributed by atoms with Gasteiger partial charge in [-0.15, -0.1) is 5.10 Å². The van der Waals surface area contributed by atoms with Crippen LogP contribution >= 0.6 is 0 Å². The van der Waals surface area contributed by atoms with E-state index in [1.165, 1.54) is 4.40 Å². The summed E-state index contributed by atoms with van der Waals surface area (Å²) in [6.07, 6.45) is 1.62. The molecule has 24 heavy (non-hydrogen) atoms. The number of fused-ring (bicyclic) bond motifs is 1. The van der Waals surface area contributed by atoms with Crippen LogP contribution in [-0.4, -0.2) is 26.1 Å². The number of aromatic nitrogens is 4. The number of anilines is 1. The van der Waals surface area contributed by atoms with Crippen LogP contribution in [0.2, 0.25) is 0 Å². The lowest BCUT2D eigenvalue weighted by Gasteiger charge is -2.19. The van der Waals surface area contributed by atoms with Crippen LogP contribution in [0.1, 0.15) is 26.3 Å². The van der Waals surface area contributed by atoms with E-state index in [0.717, 1.165) is 5.56 Å². The normalized spacial score (nSPS) is 11.4. The number of benzene rings is 1. The van der Waals surface area contributed by atoms with Gasteiger partial charge in [0.1, 0.15) is 0 Å². The predicted octanol–water partition coefficient (Wildman–Crippen LogP) is 2.41. The van der Waals surface area contributed by atoms with Gasteiger partial charge in [0.05, 0.1) is 17.3 Å². The van der Waals surface area contributed by atoms with Crippen molar-refractivity contribution in [1.29, 1.82) is 5.26 Å². The molecule has 2 N–H and O–H groups in total. The minimum absolute atomic E-state index is 0.0476. The first-order chi connectivity index (χ1) is 11.4. The highest BCUT2D eigenvalue weighted by Crippen LogP contribution is 2.23. The summed E-state index contributed by atoms with van der Waals surface area (Å²) >= 11 is 0. The van der Waals surface area contributed by atoms with Crippen molar-refractivity contribution in [1.82, 2.24) is 19.6 Å². The van der Waals surface area contributed by atoms with Gasteiger partial charge in [-0.2, -0.15) is 5.26 Å². The summed E-state index contributed by atoms with van der Waals surface area (Å²) in [5, 5.41) is 18.8. The Kier molecular flexibility index (Phi) is 3.81. The Morgan fingerprint density at radius 2 is 2.17 bits per heavy atom. The largest absolute Gasteiger partial charge is 0.366 e. The summed E-state index contributed by atoms with van der Waals surface area (Å²) < 4.78 is 1.42. The van der Waals surface area contributed by atoms with E-state index in [4.69, 9.17) is 5.26 Å². The van der Waals surface area contributed by atoms with Crippen LogP contribution < -0.4 is 11.0 Å². The van der Waals surface area contributed by atoms with Crippen LogP contribution in [0.5, 0.6) is 0 Å². The van der Waals surface area contributed by atoms with Gasteiger partial charge in [0, 0.05) is 18.3 Å². The molecule has 0 saturated carbocycles. The van der Waals surface area contributed by atoms with E-state index in [1.807, 2.05) is 6.07 Å². The SMILES string of the molecule is CC(C)(C)CNc1nc(-c2cccc(C#N)c2)cn2c(=O)[nH]nc12. The lowest BCUT2D eigenvalue weighted by Crippen LogP contribution is -2.20. The zero-order valence-electron chi connectivity index (χ0n) is 13.8. The molecular weight excluding hydrogens is 304 g/mol. The third-order valence-electron chi connectivity index (χ3n) is 3.47. The van der Waals surface area contributed by atoms with Crippen molar-refractivity contribution < 1.29 is 0 Å². The third-order valence-corrected chi connectivity index (χ3v) is 3.47. The summed E-state index contributed by atoms with van der Waals surface area (Å²) in [4.78, 5) is 16.6. The number of nitriles is 1. The third kappa shape index (κ3) is 3.13. The van der Waals surface area contributed by atoms with E-state index in [2.05, 4.69) is 47.3 Å². The van der Waals surface area contributed by atoms with E-state index in [0.29, 0.717) is 29.3 Å². The van der Waals surface area contributed by atoms with Gasteiger partial charge in [0.2, 0.25) is 5.65 Å². The van der Waals surface area contributed by atoms with Gasteiger partial charge in [-0.25, -0.2) is 19.3 Å². The molecule has 3 rings (SSSR count). The number of nitrogens with one attached hydrogen (secondary N) is 2. The molecule has 0 unspecified atom stereocenters. The van der Waals surface area contributed by atoms with Crippen molar-refractivity contribution in [2.45, 2.75) is 20.8 Å². The Bertz CT molecular complexity index is 987. The van der Waals surface area contributed by atoms with Gasteiger partial charge in [-0.05, 0) is 17.5 Å². The number of hydrogen-bond acceptors (Lipinski definition) is 5. The highest BCUT2D eigenvalue weighted by atomic mass is 16.1. The molecule has 0 bridgehead atoms. The first kappa shape index (κ1) is 15.7. The molecule has 0 atom stereocenters. The van der Waals surface area contributed by atoms with Gasteiger partial charge >= 0.3 is 5.69 Å². The molecule has 0 radical (unpaired) electrons. The molecule has 2 heterocycles. The Hall–Kier alpha value is -3.14. The molecular formula is C17H18N6O. The maximum Gasteiger partial charge on any atom is 0.347 e. The summed E-state index contributed by atoms with van der Waals surface area (Å²) in [6, 6.07) is 9.23. The monoisotopic (exact) mass is 322 g/mol. The molecule has 122 valence electrons. The molecule has 2 aromatic heterocycles. The quantitative estimate of drug-likeness (QED) is 0.771. The van der Waals surface area contributed by atoms with Gasteiger partial charge in [0.25, 0.3) is 0 Å². The van der Waals surface area contributed by atoms with Crippen LogP contribution in [0.15, 0.2) is 35.3 Å². The van der Waals surface area contributed by atoms with Crippen molar-refractivity contribution >= 4 is 11.5 Å². The van der Waals surface area contributed by atoms with E-state index >= 15 is 0 Å². The van der Waals surface area contributed by atoms with E-state index in [-0.39, 0.29) is 11.1 Å². The van der Waals surface area contributed by atoms with E-state index < -0.39 is 0 Å². The van der Waals surface area contributed by atoms with Crippen LogP contribution in [0, 0.1) is 16.7 Å². The zero-order chi connectivity index (χ0) is 17.3. The molecule has 0 amide bonds. The zero-order valence-corrected chi connectivity index (χ0v) is 13.8. The fraction of sp³-hybridized carbons (Fsp3) is 0.294. The van der Waals surface area contributed by atoms with Crippen LogP contribution in [0.25, 0.3) is 16.9 Å². The molecule has 0 fully saturated rings. The van der Waals surface area contributed by atoms with Crippen molar-refractivity contribution in [2.75, 3.05) is 11.9 Å². The maximum absolute atomic E-state index is 12.0. The number of aromatic amines is 1. The molecule has 0 aliphatic carbocycles. The number of H-pyrrole nitrogens is 1. The second kappa shape index (κ2) is 5.81. The standard InChI is InChI=1S/C17H18N6O/c1-17(2,3)10-19-14-15-21-22-16(24)23(15)9-13(20-14)12-6-4-5-11(7-12)8-18/h4-7,9H,10H2,1-3H3,(H,19,20)(H,22,24). The number of hydrogen-bond donors (Lipinski definition) is 2. The molecule has 3 aromatic rings. The Balaban J connectivity index is 2.13. The molecule has 0 aliphatic heterocycles. The van der Waals surface area contributed by atoms with Crippen molar-refractivity contribution in [3.8, 4) is 17.3 Å². The first-order valence-corrected chi connectivity index (χ1v) is 7.59. The van der Waals surface area contributed by atoms with E-state index in [9.17, 15) is 4.79 Å². The van der Waals surface area contributed by atoms with Crippen LogP contribution in [0.4, 0.5) is 5.82 Å². The minimum atomic E-state index is -0.330. The fourth-order valence-electron chi connectivity index (χ4n) is 2.27. The van der Waals surface area contributed by atoms with Crippen molar-refractivity contribution in [3.05, 3.63) is 46.5 Å². The summed E-state index contributed by atoms with van der Waals surface area (Å²) in [6.45, 7) is 6.99. The lowest BCUT2D eigenvalue weighted by atomic mass is 9.97. The average molecular weight is 322 g/mol. The highest BCUT2D eigenvalue weighted by molar-refractivity contribution is 5.69. The lowest BCUT2D eigenvalue weighted by molar-refractivity contribution is 0.442. The predicted molar refractivity (Wildman–Crippen MR) is 91.7 cm³/mol. The first-order valence-electron chi connectivity index (χ1n) is 7.59. The van der Waals surface area contributed by atoms with Gasteiger partial charge in [-0.3, -0.25) is 0 Å².